The number of allylic oxidation sites excluding steroid dienone is 2. The van der Waals surface area contributed by atoms with Crippen LogP contribution < -0.4 is 0 Å². The molecule has 2 aliphatic carbocycles. The largest absolute Gasteiger partial charge is 0.465 e. The Labute approximate surface area is 139 Å². The number of ether oxygens (including phenoxy) is 2. The molecule has 130 valence electrons. The second-order valence-electron chi connectivity index (χ2n) is 6.75. The highest BCUT2D eigenvalue weighted by atomic mass is 16.5. The number of esters is 2. The van der Waals surface area contributed by atoms with E-state index in [-0.39, 0.29) is 35.6 Å². The van der Waals surface area contributed by atoms with Gasteiger partial charge in [-0.1, -0.05) is 51.7 Å². The van der Waals surface area contributed by atoms with Gasteiger partial charge in [-0.3, -0.25) is 9.59 Å². The zero-order chi connectivity index (χ0) is 16.7. The van der Waals surface area contributed by atoms with Gasteiger partial charge in [0.2, 0.25) is 0 Å². The molecule has 0 saturated heterocycles. The fraction of sp³-hybridized carbons (Fsp3) is 0.789. The van der Waals surface area contributed by atoms with Crippen molar-refractivity contribution in [3.05, 3.63) is 12.2 Å². The zero-order valence-corrected chi connectivity index (χ0v) is 14.5. The molecule has 4 atom stereocenters. The quantitative estimate of drug-likeness (QED) is 0.348. The van der Waals surface area contributed by atoms with Crippen molar-refractivity contribution in [3.8, 4) is 0 Å². The lowest BCUT2D eigenvalue weighted by Crippen LogP contribution is -2.35. The molecule has 0 heterocycles. The molecule has 0 N–H and O–H groups in total. The number of carbonyl (C=O) groups excluding carboxylic acids is 2. The standard InChI is InChI=1S/C19H30O4/c1-3-5-7-11-22-18(20)16-14-9-10-15(13-14)17(16)19(21)23-12-8-6-4-2/h9-10,14-17H,3-8,11-13H2,1-2H3/t14-,15+,16+,17-. The minimum absolute atomic E-state index is 0.145. The summed E-state index contributed by atoms with van der Waals surface area (Å²) in [6.45, 7) is 5.16. The van der Waals surface area contributed by atoms with Gasteiger partial charge >= 0.3 is 11.9 Å². The van der Waals surface area contributed by atoms with Crippen LogP contribution in [0.3, 0.4) is 0 Å². The summed E-state index contributed by atoms with van der Waals surface area (Å²) in [7, 11) is 0. The van der Waals surface area contributed by atoms with Crippen molar-refractivity contribution in [1.29, 1.82) is 0 Å². The van der Waals surface area contributed by atoms with Crippen LogP contribution in [-0.2, 0) is 19.1 Å². The molecular formula is C19H30O4. The van der Waals surface area contributed by atoms with E-state index in [1.54, 1.807) is 0 Å². The Kier molecular flexibility index (Phi) is 7.13. The zero-order valence-electron chi connectivity index (χ0n) is 14.5. The highest BCUT2D eigenvalue weighted by Crippen LogP contribution is 2.49. The Hall–Kier alpha value is -1.32. The van der Waals surface area contributed by atoms with Crippen molar-refractivity contribution in [3.63, 3.8) is 0 Å². The lowest BCUT2D eigenvalue weighted by Gasteiger charge is -2.25. The summed E-state index contributed by atoms with van der Waals surface area (Å²) in [5.74, 6) is -0.823. The van der Waals surface area contributed by atoms with Gasteiger partial charge in [0, 0.05) is 0 Å². The maximum Gasteiger partial charge on any atom is 0.310 e. The van der Waals surface area contributed by atoms with Gasteiger partial charge in [-0.25, -0.2) is 0 Å². The maximum atomic E-state index is 12.4. The van der Waals surface area contributed by atoms with Gasteiger partial charge in [0.1, 0.15) is 0 Å². The van der Waals surface area contributed by atoms with Crippen LogP contribution >= 0.6 is 0 Å². The van der Waals surface area contributed by atoms with Gasteiger partial charge in [-0.05, 0) is 31.1 Å². The molecule has 4 heteroatoms. The molecule has 0 aromatic rings. The van der Waals surface area contributed by atoms with Crippen molar-refractivity contribution < 1.29 is 19.1 Å². The molecule has 1 fully saturated rings. The summed E-state index contributed by atoms with van der Waals surface area (Å²) in [5, 5.41) is 0. The van der Waals surface area contributed by atoms with E-state index in [2.05, 4.69) is 26.0 Å². The van der Waals surface area contributed by atoms with Crippen LogP contribution in [-0.4, -0.2) is 25.2 Å². The molecule has 23 heavy (non-hydrogen) atoms. The molecule has 0 unspecified atom stereocenters. The molecule has 0 radical (unpaired) electrons. The molecule has 2 bridgehead atoms. The number of unbranched alkanes of at least 4 members (excludes halogenated alkanes) is 4. The van der Waals surface area contributed by atoms with E-state index < -0.39 is 0 Å². The first-order valence-electron chi connectivity index (χ1n) is 9.20. The topological polar surface area (TPSA) is 52.6 Å². The summed E-state index contributed by atoms with van der Waals surface area (Å²) in [6, 6.07) is 0. The molecule has 2 rings (SSSR count). The molecule has 0 aromatic heterocycles. The lowest BCUT2D eigenvalue weighted by atomic mass is 9.83. The first kappa shape index (κ1) is 18.0. The van der Waals surface area contributed by atoms with E-state index in [0.717, 1.165) is 44.9 Å². The van der Waals surface area contributed by atoms with Crippen molar-refractivity contribution in [1.82, 2.24) is 0 Å². The van der Waals surface area contributed by atoms with Crippen molar-refractivity contribution >= 4 is 11.9 Å². The second-order valence-corrected chi connectivity index (χ2v) is 6.75. The third-order valence-electron chi connectivity index (χ3n) is 4.99. The fourth-order valence-corrected chi connectivity index (χ4v) is 3.71. The predicted molar refractivity (Wildman–Crippen MR) is 88.7 cm³/mol. The number of rotatable bonds is 10. The normalized spacial score (nSPS) is 28.1. The molecule has 0 aliphatic heterocycles. The van der Waals surface area contributed by atoms with E-state index >= 15 is 0 Å². The Bertz CT molecular complexity index is 391. The smallest absolute Gasteiger partial charge is 0.310 e. The summed E-state index contributed by atoms with van der Waals surface area (Å²) >= 11 is 0. The Morgan fingerprint density at radius 3 is 1.65 bits per heavy atom. The predicted octanol–water partition coefficient (Wildman–Crippen LogP) is 3.89. The highest BCUT2D eigenvalue weighted by Gasteiger charge is 2.53. The van der Waals surface area contributed by atoms with Crippen molar-refractivity contribution in [2.45, 2.75) is 58.8 Å². The minimum atomic E-state index is -0.342. The number of carbonyl (C=O) groups is 2. The third-order valence-corrected chi connectivity index (χ3v) is 4.99. The van der Waals surface area contributed by atoms with Crippen LogP contribution in [0.25, 0.3) is 0 Å². The van der Waals surface area contributed by atoms with Crippen LogP contribution in [0.2, 0.25) is 0 Å². The van der Waals surface area contributed by atoms with Crippen LogP contribution in [0.15, 0.2) is 12.2 Å². The third kappa shape index (κ3) is 4.58. The van der Waals surface area contributed by atoms with Crippen molar-refractivity contribution in [2.75, 3.05) is 13.2 Å². The van der Waals surface area contributed by atoms with E-state index in [1.165, 1.54) is 0 Å². The van der Waals surface area contributed by atoms with E-state index in [4.69, 9.17) is 9.47 Å². The summed E-state index contributed by atoms with van der Waals surface area (Å²) in [5.41, 5.74) is 0. The molecule has 4 nitrogen and oxygen atoms in total. The van der Waals surface area contributed by atoms with Gasteiger partial charge in [0.25, 0.3) is 0 Å². The second kappa shape index (κ2) is 9.09. The molecular weight excluding hydrogens is 292 g/mol. The first-order valence-corrected chi connectivity index (χ1v) is 9.20. The summed E-state index contributed by atoms with van der Waals surface area (Å²) < 4.78 is 10.8. The molecule has 0 aromatic carbocycles. The molecule has 2 aliphatic rings. The Morgan fingerprint density at radius 1 is 0.826 bits per heavy atom. The van der Waals surface area contributed by atoms with Crippen molar-refractivity contribution in [2.24, 2.45) is 23.7 Å². The highest BCUT2D eigenvalue weighted by molar-refractivity contribution is 5.84. The van der Waals surface area contributed by atoms with E-state index in [9.17, 15) is 9.59 Å². The average molecular weight is 322 g/mol. The van der Waals surface area contributed by atoms with Crippen LogP contribution in [0.1, 0.15) is 58.8 Å². The van der Waals surface area contributed by atoms with E-state index in [1.807, 2.05) is 0 Å². The van der Waals surface area contributed by atoms with Gasteiger partial charge in [0.05, 0.1) is 25.0 Å². The number of hydrogen-bond acceptors (Lipinski definition) is 4. The number of fused-ring (bicyclic) bond motifs is 2. The fourth-order valence-electron chi connectivity index (χ4n) is 3.71. The SMILES string of the molecule is CCCCCOC(=O)[C@@H]1[C@H](C(=O)OCCCCC)[C@H]2C=C[C@@H]1C2. The molecule has 0 spiro atoms. The van der Waals surface area contributed by atoms with E-state index in [0.29, 0.717) is 13.2 Å². The Morgan fingerprint density at radius 2 is 1.26 bits per heavy atom. The molecule has 0 amide bonds. The maximum absolute atomic E-state index is 12.4. The van der Waals surface area contributed by atoms with Gasteiger partial charge < -0.3 is 9.47 Å². The van der Waals surface area contributed by atoms with Gasteiger partial charge in [-0.15, -0.1) is 0 Å². The Balaban J connectivity index is 1.87. The van der Waals surface area contributed by atoms with Crippen LogP contribution in [0.5, 0.6) is 0 Å². The van der Waals surface area contributed by atoms with Crippen LogP contribution in [0.4, 0.5) is 0 Å². The monoisotopic (exact) mass is 322 g/mol. The summed E-state index contributed by atoms with van der Waals surface area (Å²) in [6.07, 6.45) is 11.1. The van der Waals surface area contributed by atoms with Gasteiger partial charge in [0.15, 0.2) is 0 Å². The first-order chi connectivity index (χ1) is 11.2. The van der Waals surface area contributed by atoms with Crippen LogP contribution in [0, 0.1) is 23.7 Å². The number of hydrogen-bond donors (Lipinski definition) is 0. The average Bonchev–Trinajstić information content (AvgIpc) is 3.16. The lowest BCUT2D eigenvalue weighted by molar-refractivity contribution is -0.161. The molecule has 1 saturated carbocycles. The minimum Gasteiger partial charge on any atom is -0.465 e. The summed E-state index contributed by atoms with van der Waals surface area (Å²) in [4.78, 5) is 24.9. The van der Waals surface area contributed by atoms with Gasteiger partial charge in [-0.2, -0.15) is 0 Å².